The normalized spacial score (nSPS) is 10.4. The van der Waals surface area contributed by atoms with Crippen LogP contribution < -0.4 is 0 Å². The van der Waals surface area contributed by atoms with Crippen LogP contribution in [0.25, 0.3) is 11.3 Å². The van der Waals surface area contributed by atoms with E-state index in [4.69, 9.17) is 9.47 Å². The van der Waals surface area contributed by atoms with Crippen molar-refractivity contribution in [2.75, 3.05) is 7.11 Å². The molecule has 0 aliphatic rings. The zero-order chi connectivity index (χ0) is 20.8. The van der Waals surface area contributed by atoms with Gasteiger partial charge in [0.1, 0.15) is 11.3 Å². The fraction of sp³-hybridized carbons (Fsp3) is 0.368. The molecule has 0 N–H and O–H groups in total. The monoisotopic (exact) mass is 376 g/mol. The first-order valence-corrected chi connectivity index (χ1v) is 8.42. The van der Waals surface area contributed by atoms with Crippen LogP contribution in [0.4, 0.5) is 10.5 Å². The van der Waals surface area contributed by atoms with E-state index < -0.39 is 22.6 Å². The summed E-state index contributed by atoms with van der Waals surface area (Å²) in [5.74, 6) is -0.720. The van der Waals surface area contributed by atoms with Crippen molar-refractivity contribution in [3.63, 3.8) is 0 Å². The minimum atomic E-state index is -0.783. The van der Waals surface area contributed by atoms with E-state index in [1.807, 2.05) is 13.8 Å². The number of aromatic nitrogens is 1. The highest BCUT2D eigenvalue weighted by atomic mass is 16.6. The van der Waals surface area contributed by atoms with Crippen LogP contribution in [0, 0.1) is 10.1 Å². The molecule has 0 bridgehead atoms. The van der Waals surface area contributed by atoms with Crippen LogP contribution in [0.1, 0.15) is 45.1 Å². The Morgan fingerprint density at radius 1 is 1.11 bits per heavy atom. The number of carbonyl (C=O) groups excluding carboxylic acids is 2. The number of benzene rings is 1. The summed E-state index contributed by atoms with van der Waals surface area (Å²) in [6, 6.07) is 8.67. The van der Waals surface area contributed by atoms with E-state index in [2.05, 4.69) is 0 Å². The van der Waals surface area contributed by atoms with Crippen LogP contribution in [0.15, 0.2) is 36.4 Å². The van der Waals surface area contributed by atoms with E-state index in [1.54, 1.807) is 26.8 Å². The van der Waals surface area contributed by atoms with Crippen molar-refractivity contribution in [1.29, 1.82) is 0 Å². The smallest absolute Gasteiger partial charge is 0.419 e. The quantitative estimate of drug-likeness (QED) is 0.439. The van der Waals surface area contributed by atoms with Gasteiger partial charge in [0, 0.05) is 17.7 Å². The average molecular weight is 376 g/mol. The number of nitrogens with zero attached hydrogens (tertiary/aromatic N) is 2. The minimum Gasteiger partial charge on any atom is -0.464 e. The SMILES string of the molecule is CC.COC(=O)c1ccc(-c2cccc([N+](=O)[O-])c2)n1C(=O)OC(C)(C)C. The third-order valence-corrected chi connectivity index (χ3v) is 3.20. The van der Waals surface area contributed by atoms with Gasteiger partial charge in [-0.05, 0) is 32.9 Å². The second kappa shape index (κ2) is 8.98. The van der Waals surface area contributed by atoms with Crippen molar-refractivity contribution >= 4 is 17.7 Å². The zero-order valence-corrected chi connectivity index (χ0v) is 16.3. The lowest BCUT2D eigenvalue weighted by molar-refractivity contribution is -0.384. The molecule has 0 spiro atoms. The van der Waals surface area contributed by atoms with Gasteiger partial charge in [0.05, 0.1) is 17.7 Å². The van der Waals surface area contributed by atoms with Crippen LogP contribution in [0.5, 0.6) is 0 Å². The maximum atomic E-state index is 12.6. The molecule has 8 nitrogen and oxygen atoms in total. The van der Waals surface area contributed by atoms with Crippen molar-refractivity contribution < 1.29 is 24.0 Å². The van der Waals surface area contributed by atoms with E-state index in [0.29, 0.717) is 11.3 Å². The van der Waals surface area contributed by atoms with Crippen LogP contribution in [-0.2, 0) is 9.47 Å². The van der Waals surface area contributed by atoms with Crippen molar-refractivity contribution in [2.24, 2.45) is 0 Å². The fourth-order valence-electron chi connectivity index (χ4n) is 2.21. The lowest BCUT2D eigenvalue weighted by Crippen LogP contribution is -2.29. The van der Waals surface area contributed by atoms with E-state index in [9.17, 15) is 19.7 Å². The van der Waals surface area contributed by atoms with Gasteiger partial charge in [0.25, 0.3) is 5.69 Å². The number of carbonyl (C=O) groups is 2. The molecular weight excluding hydrogens is 352 g/mol. The number of nitro groups is 1. The molecule has 0 fully saturated rings. The summed E-state index contributed by atoms with van der Waals surface area (Å²) in [5.41, 5.74) is -0.254. The first kappa shape index (κ1) is 21.9. The summed E-state index contributed by atoms with van der Waals surface area (Å²) in [6.07, 6.45) is -0.778. The number of ether oxygens (including phenoxy) is 2. The molecule has 27 heavy (non-hydrogen) atoms. The van der Waals surface area contributed by atoms with Gasteiger partial charge in [-0.25, -0.2) is 14.2 Å². The molecule has 1 aromatic carbocycles. The Hall–Kier alpha value is -3.16. The molecule has 0 atom stereocenters. The second-order valence-electron chi connectivity index (χ2n) is 6.22. The number of non-ortho nitro benzene ring substituents is 1. The molecule has 1 aromatic heterocycles. The summed E-state index contributed by atoms with van der Waals surface area (Å²) in [7, 11) is 1.20. The highest BCUT2D eigenvalue weighted by Crippen LogP contribution is 2.27. The van der Waals surface area contributed by atoms with Crippen molar-refractivity contribution in [1.82, 2.24) is 4.57 Å². The van der Waals surface area contributed by atoms with Gasteiger partial charge in [0.2, 0.25) is 0 Å². The number of methoxy groups -OCH3 is 1. The number of nitro benzene ring substituents is 1. The van der Waals surface area contributed by atoms with Crippen LogP contribution in [-0.4, -0.2) is 34.3 Å². The van der Waals surface area contributed by atoms with E-state index >= 15 is 0 Å². The lowest BCUT2D eigenvalue weighted by Gasteiger charge is -2.21. The van der Waals surface area contributed by atoms with Crippen molar-refractivity contribution in [3.05, 3.63) is 52.2 Å². The summed E-state index contributed by atoms with van der Waals surface area (Å²) in [6.45, 7) is 9.08. The minimum absolute atomic E-state index is 0.0294. The molecule has 0 amide bonds. The predicted molar refractivity (Wildman–Crippen MR) is 101 cm³/mol. The lowest BCUT2D eigenvalue weighted by atomic mass is 10.1. The first-order valence-electron chi connectivity index (χ1n) is 8.42. The Morgan fingerprint density at radius 2 is 1.74 bits per heavy atom. The molecular formula is C19H24N2O6. The maximum Gasteiger partial charge on any atom is 0.419 e. The first-order chi connectivity index (χ1) is 12.6. The topological polar surface area (TPSA) is 101 Å². The molecule has 0 saturated carbocycles. The number of hydrogen-bond donors (Lipinski definition) is 0. The molecule has 0 unspecified atom stereocenters. The number of hydrogen-bond acceptors (Lipinski definition) is 6. The third kappa shape index (κ3) is 5.40. The molecule has 2 aromatic rings. The van der Waals surface area contributed by atoms with Crippen LogP contribution in [0.2, 0.25) is 0 Å². The Labute approximate surface area is 157 Å². The summed E-state index contributed by atoms with van der Waals surface area (Å²) in [4.78, 5) is 35.0. The molecule has 146 valence electrons. The highest BCUT2D eigenvalue weighted by Gasteiger charge is 2.26. The second-order valence-corrected chi connectivity index (χ2v) is 6.22. The maximum absolute atomic E-state index is 12.6. The Bertz CT molecular complexity index is 833. The zero-order valence-electron chi connectivity index (χ0n) is 16.3. The highest BCUT2D eigenvalue weighted by molar-refractivity contribution is 5.95. The predicted octanol–water partition coefficient (Wildman–Crippen LogP) is 4.66. The molecule has 0 aliphatic carbocycles. The van der Waals surface area contributed by atoms with Gasteiger partial charge in [-0.3, -0.25) is 10.1 Å². The molecule has 0 aliphatic heterocycles. The largest absolute Gasteiger partial charge is 0.464 e. The average Bonchev–Trinajstić information content (AvgIpc) is 3.06. The molecule has 1 heterocycles. The van der Waals surface area contributed by atoms with E-state index in [-0.39, 0.29) is 11.4 Å². The van der Waals surface area contributed by atoms with Gasteiger partial charge in [-0.15, -0.1) is 0 Å². The Morgan fingerprint density at radius 3 is 2.26 bits per heavy atom. The third-order valence-electron chi connectivity index (χ3n) is 3.20. The van der Waals surface area contributed by atoms with Gasteiger partial charge in [-0.2, -0.15) is 0 Å². The van der Waals surface area contributed by atoms with Crippen molar-refractivity contribution in [2.45, 2.75) is 40.2 Å². The number of rotatable bonds is 3. The number of esters is 1. The molecule has 0 radical (unpaired) electrons. The Kier molecular flexibility index (Phi) is 7.27. The summed E-state index contributed by atoms with van der Waals surface area (Å²) < 4.78 is 11.1. The van der Waals surface area contributed by atoms with E-state index in [0.717, 1.165) is 4.57 Å². The summed E-state index contributed by atoms with van der Waals surface area (Å²) >= 11 is 0. The fourth-order valence-corrected chi connectivity index (χ4v) is 2.21. The molecule has 2 rings (SSSR count). The Balaban J connectivity index is 0.00000176. The van der Waals surface area contributed by atoms with Gasteiger partial charge in [0.15, 0.2) is 0 Å². The van der Waals surface area contributed by atoms with Crippen LogP contribution in [0.3, 0.4) is 0 Å². The summed E-state index contributed by atoms with van der Waals surface area (Å²) in [5, 5.41) is 11.0. The van der Waals surface area contributed by atoms with Crippen LogP contribution >= 0.6 is 0 Å². The van der Waals surface area contributed by atoms with Gasteiger partial charge in [-0.1, -0.05) is 26.0 Å². The van der Waals surface area contributed by atoms with Gasteiger partial charge >= 0.3 is 12.1 Å². The van der Waals surface area contributed by atoms with Crippen molar-refractivity contribution in [3.8, 4) is 11.3 Å². The van der Waals surface area contributed by atoms with Gasteiger partial charge < -0.3 is 9.47 Å². The molecule has 0 saturated heterocycles. The standard InChI is InChI=1S/C17H18N2O6.C2H6/c1-17(2,3)25-16(21)18-13(8-9-14(18)15(20)24-4)11-6-5-7-12(10-11)19(22)23;1-2/h5-10H,1-4H3;1-2H3. The molecule has 8 heteroatoms. The van der Waals surface area contributed by atoms with E-state index in [1.165, 1.54) is 37.4 Å².